The molecule has 1 amide bonds. The third-order valence-electron chi connectivity index (χ3n) is 2.04. The molecule has 1 N–H and O–H groups in total. The molecular formula is C13H15BrClNO3. The van der Waals surface area contributed by atoms with E-state index in [0.717, 1.165) is 0 Å². The Labute approximate surface area is 125 Å². The molecule has 0 unspecified atom stereocenters. The van der Waals surface area contributed by atoms with Gasteiger partial charge in [-0.15, -0.1) is 11.6 Å². The van der Waals surface area contributed by atoms with Crippen LogP contribution in [0.2, 0.25) is 0 Å². The molecule has 19 heavy (non-hydrogen) atoms. The zero-order valence-corrected chi connectivity index (χ0v) is 13.3. The lowest BCUT2D eigenvalue weighted by Crippen LogP contribution is -2.27. The van der Waals surface area contributed by atoms with Crippen LogP contribution in [0.5, 0.6) is 0 Å². The van der Waals surface area contributed by atoms with Crippen molar-refractivity contribution in [3.63, 3.8) is 0 Å². The highest BCUT2D eigenvalue weighted by Crippen LogP contribution is 2.23. The molecule has 0 saturated carbocycles. The fourth-order valence-corrected chi connectivity index (χ4v) is 2.06. The normalized spacial score (nSPS) is 11.0. The van der Waals surface area contributed by atoms with Crippen molar-refractivity contribution in [3.8, 4) is 0 Å². The van der Waals surface area contributed by atoms with Crippen LogP contribution in [0.3, 0.4) is 0 Å². The molecule has 1 rings (SSSR count). The van der Waals surface area contributed by atoms with Crippen molar-refractivity contribution >= 4 is 45.1 Å². The summed E-state index contributed by atoms with van der Waals surface area (Å²) < 4.78 is 5.70. The fraction of sp³-hybridized carbons (Fsp3) is 0.385. The first-order valence-corrected chi connectivity index (χ1v) is 6.94. The van der Waals surface area contributed by atoms with E-state index in [9.17, 15) is 9.59 Å². The van der Waals surface area contributed by atoms with Gasteiger partial charge in [0.15, 0.2) is 5.78 Å². The largest absolute Gasteiger partial charge is 0.444 e. The highest BCUT2D eigenvalue weighted by Gasteiger charge is 2.17. The van der Waals surface area contributed by atoms with Gasteiger partial charge in [0.05, 0.1) is 5.88 Å². The minimum absolute atomic E-state index is 0.0859. The van der Waals surface area contributed by atoms with E-state index in [4.69, 9.17) is 16.3 Å². The van der Waals surface area contributed by atoms with Crippen molar-refractivity contribution in [2.45, 2.75) is 26.4 Å². The van der Waals surface area contributed by atoms with Crippen LogP contribution in [0.25, 0.3) is 0 Å². The molecule has 0 aliphatic carbocycles. The second-order valence-corrected chi connectivity index (χ2v) is 6.00. The molecule has 104 valence electrons. The van der Waals surface area contributed by atoms with Gasteiger partial charge in [0.2, 0.25) is 0 Å². The Kier molecular flexibility index (Phi) is 5.38. The van der Waals surface area contributed by atoms with E-state index < -0.39 is 11.7 Å². The van der Waals surface area contributed by atoms with Crippen LogP contribution in [0, 0.1) is 0 Å². The standard InChI is InChI=1S/C13H15BrClNO3/c1-13(2,3)19-12(18)16-8-4-5-9(10(14)6-8)11(17)7-15/h4-6H,7H2,1-3H3,(H,16,18). The number of rotatable bonds is 3. The summed E-state index contributed by atoms with van der Waals surface area (Å²) in [6.45, 7) is 5.35. The van der Waals surface area contributed by atoms with Gasteiger partial charge >= 0.3 is 6.09 Å². The van der Waals surface area contributed by atoms with Gasteiger partial charge in [0.25, 0.3) is 0 Å². The van der Waals surface area contributed by atoms with E-state index in [1.54, 1.807) is 39.0 Å². The van der Waals surface area contributed by atoms with Gasteiger partial charge in [0.1, 0.15) is 5.60 Å². The number of benzene rings is 1. The van der Waals surface area contributed by atoms with Gasteiger partial charge in [-0.3, -0.25) is 10.1 Å². The van der Waals surface area contributed by atoms with Gasteiger partial charge < -0.3 is 4.74 Å². The molecule has 0 aliphatic rings. The molecule has 1 aromatic carbocycles. The summed E-state index contributed by atoms with van der Waals surface area (Å²) in [6, 6.07) is 4.85. The quantitative estimate of drug-likeness (QED) is 0.657. The molecular weight excluding hydrogens is 334 g/mol. The smallest absolute Gasteiger partial charge is 0.412 e. The number of halogens is 2. The van der Waals surface area contributed by atoms with Crippen LogP contribution in [0.15, 0.2) is 22.7 Å². The summed E-state index contributed by atoms with van der Waals surface area (Å²) in [7, 11) is 0. The number of hydrogen-bond donors (Lipinski definition) is 1. The van der Waals surface area contributed by atoms with Crippen molar-refractivity contribution in [1.82, 2.24) is 0 Å². The van der Waals surface area contributed by atoms with Gasteiger partial charge in [-0.2, -0.15) is 0 Å². The maximum atomic E-state index is 11.6. The maximum absolute atomic E-state index is 11.6. The lowest BCUT2D eigenvalue weighted by atomic mass is 10.1. The zero-order chi connectivity index (χ0) is 14.6. The molecule has 0 radical (unpaired) electrons. The SMILES string of the molecule is CC(C)(C)OC(=O)Nc1ccc(C(=O)CCl)c(Br)c1. The van der Waals surface area contributed by atoms with Crippen molar-refractivity contribution in [2.75, 3.05) is 11.2 Å². The van der Waals surface area contributed by atoms with Crippen LogP contribution < -0.4 is 5.32 Å². The highest BCUT2D eigenvalue weighted by molar-refractivity contribution is 9.10. The number of Topliss-reactive ketones (excluding diaryl/α,β-unsaturated/α-hetero) is 1. The van der Waals surface area contributed by atoms with Gasteiger partial charge in [-0.05, 0) is 54.9 Å². The Morgan fingerprint density at radius 1 is 1.37 bits per heavy atom. The summed E-state index contributed by atoms with van der Waals surface area (Å²) in [4.78, 5) is 23.1. The lowest BCUT2D eigenvalue weighted by molar-refractivity contribution is 0.0636. The monoisotopic (exact) mass is 347 g/mol. The minimum atomic E-state index is -0.560. The Morgan fingerprint density at radius 2 is 2.00 bits per heavy atom. The number of alkyl halides is 1. The average Bonchev–Trinajstić information content (AvgIpc) is 2.25. The fourth-order valence-electron chi connectivity index (χ4n) is 1.31. The van der Waals surface area contributed by atoms with E-state index in [-0.39, 0.29) is 11.7 Å². The molecule has 0 spiro atoms. The molecule has 0 bridgehead atoms. The first kappa shape index (κ1) is 16.0. The minimum Gasteiger partial charge on any atom is -0.444 e. The topological polar surface area (TPSA) is 55.4 Å². The summed E-state index contributed by atoms with van der Waals surface area (Å²) in [5.74, 6) is -0.269. The van der Waals surface area contributed by atoms with Gasteiger partial charge in [0, 0.05) is 15.7 Å². The molecule has 0 fully saturated rings. The third kappa shape index (κ3) is 5.20. The van der Waals surface area contributed by atoms with E-state index in [1.807, 2.05) is 0 Å². The number of hydrogen-bond acceptors (Lipinski definition) is 3. The molecule has 0 heterocycles. The molecule has 0 aliphatic heterocycles. The van der Waals surface area contributed by atoms with Crippen molar-refractivity contribution in [1.29, 1.82) is 0 Å². The number of ether oxygens (including phenoxy) is 1. The number of amides is 1. The summed E-state index contributed by atoms with van der Waals surface area (Å²) in [5.41, 5.74) is 0.451. The first-order valence-electron chi connectivity index (χ1n) is 5.61. The Morgan fingerprint density at radius 3 is 2.47 bits per heavy atom. The number of ketones is 1. The van der Waals surface area contributed by atoms with Crippen molar-refractivity contribution in [3.05, 3.63) is 28.2 Å². The summed E-state index contributed by atoms with van der Waals surface area (Å²) in [6.07, 6.45) is -0.546. The maximum Gasteiger partial charge on any atom is 0.412 e. The van der Waals surface area contributed by atoms with Crippen LogP contribution in [0.4, 0.5) is 10.5 Å². The second-order valence-electron chi connectivity index (χ2n) is 4.88. The molecule has 0 aromatic heterocycles. The average molecular weight is 349 g/mol. The van der Waals surface area contributed by atoms with E-state index in [1.165, 1.54) is 0 Å². The van der Waals surface area contributed by atoms with Gasteiger partial charge in [-0.25, -0.2) is 4.79 Å². The summed E-state index contributed by atoms with van der Waals surface area (Å²) in [5, 5.41) is 2.59. The molecule has 1 aromatic rings. The van der Waals surface area contributed by atoms with Gasteiger partial charge in [-0.1, -0.05) is 0 Å². The first-order chi connectivity index (χ1) is 8.73. The van der Waals surface area contributed by atoms with E-state index in [2.05, 4.69) is 21.2 Å². The number of carbonyl (C=O) groups is 2. The van der Waals surface area contributed by atoms with E-state index in [0.29, 0.717) is 15.7 Å². The third-order valence-corrected chi connectivity index (χ3v) is 2.93. The molecule has 0 saturated heterocycles. The van der Waals surface area contributed by atoms with Crippen LogP contribution in [0.1, 0.15) is 31.1 Å². The predicted molar refractivity (Wildman–Crippen MR) is 79.0 cm³/mol. The van der Waals surface area contributed by atoms with Crippen LogP contribution in [-0.2, 0) is 4.74 Å². The number of nitrogens with one attached hydrogen (secondary N) is 1. The zero-order valence-electron chi connectivity index (χ0n) is 10.9. The van der Waals surface area contributed by atoms with Crippen LogP contribution in [-0.4, -0.2) is 23.4 Å². The second kappa shape index (κ2) is 6.39. The molecule has 4 nitrogen and oxygen atoms in total. The molecule has 0 atom stereocenters. The van der Waals surface area contributed by atoms with Crippen molar-refractivity contribution in [2.24, 2.45) is 0 Å². The lowest BCUT2D eigenvalue weighted by Gasteiger charge is -2.19. The Balaban J connectivity index is 2.79. The Hall–Kier alpha value is -1.07. The van der Waals surface area contributed by atoms with E-state index >= 15 is 0 Å². The van der Waals surface area contributed by atoms with Crippen LogP contribution >= 0.6 is 27.5 Å². The van der Waals surface area contributed by atoms with Crippen molar-refractivity contribution < 1.29 is 14.3 Å². The number of anilines is 1. The summed E-state index contributed by atoms with van der Waals surface area (Å²) >= 11 is 8.76. The predicted octanol–water partition coefficient (Wildman–Crippen LogP) is 4.22. The Bertz CT molecular complexity index is 497. The highest BCUT2D eigenvalue weighted by atomic mass is 79.9. The number of carbonyl (C=O) groups excluding carboxylic acids is 2. The molecule has 6 heteroatoms.